The smallest absolute Gasteiger partial charge is 0.132 e. The van der Waals surface area contributed by atoms with Crippen molar-refractivity contribution in [2.45, 2.75) is 26.6 Å². The van der Waals surface area contributed by atoms with Crippen LogP contribution in [-0.4, -0.2) is 4.98 Å². The Kier molecular flexibility index (Phi) is 5.24. The molecule has 0 aliphatic carbocycles. The third-order valence-corrected chi connectivity index (χ3v) is 4.08. The second-order valence-electron chi connectivity index (χ2n) is 6.02. The van der Waals surface area contributed by atoms with E-state index in [9.17, 15) is 0 Å². The van der Waals surface area contributed by atoms with Crippen molar-refractivity contribution in [3.8, 4) is 0 Å². The van der Waals surface area contributed by atoms with Crippen LogP contribution in [0.25, 0.3) is 0 Å². The molecule has 2 aromatic carbocycles. The SMILES string of the molecule is Cc1cc(CN)cnc1N(Cc1ccccc1)Cc1ccccc1. The molecule has 3 rings (SSSR count). The van der Waals surface area contributed by atoms with Gasteiger partial charge in [0.15, 0.2) is 0 Å². The van der Waals surface area contributed by atoms with Gasteiger partial charge in [-0.15, -0.1) is 0 Å². The van der Waals surface area contributed by atoms with E-state index in [1.54, 1.807) is 0 Å². The number of pyridine rings is 1. The lowest BCUT2D eigenvalue weighted by atomic mass is 10.1. The molecule has 24 heavy (non-hydrogen) atoms. The van der Waals surface area contributed by atoms with Crippen LogP contribution in [0.2, 0.25) is 0 Å². The third-order valence-electron chi connectivity index (χ3n) is 4.08. The van der Waals surface area contributed by atoms with Crippen molar-refractivity contribution >= 4 is 5.82 Å². The summed E-state index contributed by atoms with van der Waals surface area (Å²) in [7, 11) is 0. The predicted molar refractivity (Wildman–Crippen MR) is 99.6 cm³/mol. The van der Waals surface area contributed by atoms with Crippen LogP contribution < -0.4 is 10.6 Å². The van der Waals surface area contributed by atoms with Gasteiger partial charge in [-0.25, -0.2) is 4.98 Å². The number of rotatable bonds is 6. The highest BCUT2D eigenvalue weighted by Crippen LogP contribution is 2.22. The number of hydrogen-bond acceptors (Lipinski definition) is 3. The van der Waals surface area contributed by atoms with E-state index >= 15 is 0 Å². The first kappa shape index (κ1) is 16.2. The Morgan fingerprint density at radius 1 is 0.833 bits per heavy atom. The van der Waals surface area contributed by atoms with Crippen molar-refractivity contribution < 1.29 is 0 Å². The molecule has 3 nitrogen and oxygen atoms in total. The summed E-state index contributed by atoms with van der Waals surface area (Å²) in [5.41, 5.74) is 10.5. The van der Waals surface area contributed by atoms with Gasteiger partial charge < -0.3 is 10.6 Å². The van der Waals surface area contributed by atoms with E-state index in [2.05, 4.69) is 71.4 Å². The lowest BCUT2D eigenvalue weighted by molar-refractivity contribution is 0.777. The lowest BCUT2D eigenvalue weighted by Gasteiger charge is -2.26. The molecule has 0 saturated heterocycles. The van der Waals surface area contributed by atoms with Gasteiger partial charge >= 0.3 is 0 Å². The van der Waals surface area contributed by atoms with Crippen LogP contribution in [0.3, 0.4) is 0 Å². The van der Waals surface area contributed by atoms with Gasteiger partial charge in [0, 0.05) is 25.8 Å². The molecule has 0 atom stereocenters. The first-order valence-corrected chi connectivity index (χ1v) is 8.24. The van der Waals surface area contributed by atoms with Crippen LogP contribution in [0.4, 0.5) is 5.82 Å². The Morgan fingerprint density at radius 2 is 1.38 bits per heavy atom. The number of hydrogen-bond donors (Lipinski definition) is 1. The van der Waals surface area contributed by atoms with Gasteiger partial charge in [-0.2, -0.15) is 0 Å². The van der Waals surface area contributed by atoms with Crippen molar-refractivity contribution in [3.05, 3.63) is 95.2 Å². The molecule has 0 saturated carbocycles. The lowest BCUT2D eigenvalue weighted by Crippen LogP contribution is -2.24. The fourth-order valence-electron chi connectivity index (χ4n) is 2.88. The van der Waals surface area contributed by atoms with Gasteiger partial charge in [0.25, 0.3) is 0 Å². The standard InChI is InChI=1S/C21H23N3/c1-17-12-20(13-22)14-23-21(17)24(15-18-8-4-2-5-9-18)16-19-10-6-3-7-11-19/h2-12,14H,13,15-16,22H2,1H3. The predicted octanol–water partition coefficient (Wildman–Crippen LogP) is 4.06. The first-order chi connectivity index (χ1) is 11.8. The second-order valence-corrected chi connectivity index (χ2v) is 6.02. The maximum atomic E-state index is 5.74. The molecular formula is C21H23N3. The van der Waals surface area contributed by atoms with E-state index in [1.807, 2.05) is 18.3 Å². The fourth-order valence-corrected chi connectivity index (χ4v) is 2.88. The van der Waals surface area contributed by atoms with Gasteiger partial charge in [-0.1, -0.05) is 60.7 Å². The molecule has 3 heteroatoms. The summed E-state index contributed by atoms with van der Waals surface area (Å²) in [6.45, 7) is 4.27. The average Bonchev–Trinajstić information content (AvgIpc) is 2.63. The monoisotopic (exact) mass is 317 g/mol. The summed E-state index contributed by atoms with van der Waals surface area (Å²) in [5, 5.41) is 0. The quantitative estimate of drug-likeness (QED) is 0.745. The fraction of sp³-hybridized carbons (Fsp3) is 0.190. The molecule has 0 unspecified atom stereocenters. The molecule has 0 aliphatic rings. The Morgan fingerprint density at radius 3 is 1.83 bits per heavy atom. The zero-order valence-corrected chi connectivity index (χ0v) is 14.0. The van der Waals surface area contributed by atoms with Gasteiger partial charge in [0.05, 0.1) is 0 Å². The zero-order valence-electron chi connectivity index (χ0n) is 14.0. The number of benzene rings is 2. The molecule has 3 aromatic rings. The molecule has 0 bridgehead atoms. The highest BCUT2D eigenvalue weighted by Gasteiger charge is 2.13. The molecule has 0 spiro atoms. The molecule has 1 aromatic heterocycles. The van der Waals surface area contributed by atoms with Crippen molar-refractivity contribution in [3.63, 3.8) is 0 Å². The minimum Gasteiger partial charge on any atom is -0.348 e. The number of nitrogens with two attached hydrogens (primary N) is 1. The number of anilines is 1. The van der Waals surface area contributed by atoms with Crippen molar-refractivity contribution in [1.29, 1.82) is 0 Å². The maximum absolute atomic E-state index is 5.74. The van der Waals surface area contributed by atoms with E-state index < -0.39 is 0 Å². The third kappa shape index (κ3) is 4.00. The Bertz CT molecular complexity index is 728. The van der Waals surface area contributed by atoms with Gasteiger partial charge in [-0.05, 0) is 35.2 Å². The largest absolute Gasteiger partial charge is 0.348 e. The number of nitrogens with zero attached hydrogens (tertiary/aromatic N) is 2. The van der Waals surface area contributed by atoms with Crippen LogP contribution in [-0.2, 0) is 19.6 Å². The maximum Gasteiger partial charge on any atom is 0.132 e. The van der Waals surface area contributed by atoms with Crippen molar-refractivity contribution in [1.82, 2.24) is 4.98 Å². The summed E-state index contributed by atoms with van der Waals surface area (Å²) < 4.78 is 0. The Hall–Kier alpha value is -2.65. The summed E-state index contributed by atoms with van der Waals surface area (Å²) in [6.07, 6.45) is 1.88. The molecule has 1 heterocycles. The Balaban J connectivity index is 1.92. The first-order valence-electron chi connectivity index (χ1n) is 8.24. The van der Waals surface area contributed by atoms with Crippen LogP contribution >= 0.6 is 0 Å². The van der Waals surface area contributed by atoms with E-state index in [0.717, 1.165) is 30.0 Å². The topological polar surface area (TPSA) is 42.1 Å². The summed E-state index contributed by atoms with van der Waals surface area (Å²) >= 11 is 0. The molecule has 122 valence electrons. The highest BCUT2D eigenvalue weighted by atomic mass is 15.2. The van der Waals surface area contributed by atoms with Gasteiger partial charge in [0.2, 0.25) is 0 Å². The minimum absolute atomic E-state index is 0.519. The zero-order chi connectivity index (χ0) is 16.8. The van der Waals surface area contributed by atoms with Crippen molar-refractivity contribution in [2.75, 3.05) is 4.90 Å². The van der Waals surface area contributed by atoms with Crippen LogP contribution in [0.5, 0.6) is 0 Å². The summed E-state index contributed by atoms with van der Waals surface area (Å²) in [6, 6.07) is 23.1. The van der Waals surface area contributed by atoms with E-state index in [-0.39, 0.29) is 0 Å². The van der Waals surface area contributed by atoms with Gasteiger partial charge in [0.1, 0.15) is 5.82 Å². The number of aryl methyl sites for hydroxylation is 1. The normalized spacial score (nSPS) is 10.6. The molecule has 2 N–H and O–H groups in total. The van der Waals surface area contributed by atoms with Crippen LogP contribution in [0, 0.1) is 6.92 Å². The van der Waals surface area contributed by atoms with E-state index in [0.29, 0.717) is 6.54 Å². The summed E-state index contributed by atoms with van der Waals surface area (Å²) in [5.74, 6) is 1.01. The summed E-state index contributed by atoms with van der Waals surface area (Å²) in [4.78, 5) is 7.01. The second kappa shape index (κ2) is 7.75. The van der Waals surface area contributed by atoms with E-state index in [4.69, 9.17) is 5.73 Å². The van der Waals surface area contributed by atoms with Crippen LogP contribution in [0.1, 0.15) is 22.3 Å². The molecule has 0 radical (unpaired) electrons. The molecule has 0 fully saturated rings. The van der Waals surface area contributed by atoms with Crippen LogP contribution in [0.15, 0.2) is 72.9 Å². The average molecular weight is 317 g/mol. The molecule has 0 aliphatic heterocycles. The molecular weight excluding hydrogens is 294 g/mol. The number of aromatic nitrogens is 1. The van der Waals surface area contributed by atoms with E-state index in [1.165, 1.54) is 11.1 Å². The Labute approximate surface area is 143 Å². The highest BCUT2D eigenvalue weighted by molar-refractivity contribution is 5.48. The molecule has 0 amide bonds. The van der Waals surface area contributed by atoms with Gasteiger partial charge in [-0.3, -0.25) is 0 Å². The van der Waals surface area contributed by atoms with Crippen molar-refractivity contribution in [2.24, 2.45) is 5.73 Å². The minimum atomic E-state index is 0.519.